The summed E-state index contributed by atoms with van der Waals surface area (Å²) in [6, 6.07) is 4.97. The summed E-state index contributed by atoms with van der Waals surface area (Å²) in [5.74, 6) is 0.902. The summed E-state index contributed by atoms with van der Waals surface area (Å²) in [5, 5.41) is 17.4. The maximum Gasteiger partial charge on any atom is 0.214 e. The first-order valence-corrected chi connectivity index (χ1v) is 5.25. The molecule has 2 N–H and O–H groups in total. The van der Waals surface area contributed by atoms with Crippen molar-refractivity contribution < 1.29 is 19.3 Å². The van der Waals surface area contributed by atoms with Crippen molar-refractivity contribution in [1.29, 1.82) is 5.41 Å². The SMILES string of the molecule is CCOC(=N)C(O)c1ccc(OC)c(OC)c1. The molecule has 1 aromatic rings. The fraction of sp³-hybridized carbons (Fsp3) is 0.417. The molecule has 1 unspecified atom stereocenters. The van der Waals surface area contributed by atoms with Crippen molar-refractivity contribution in [3.63, 3.8) is 0 Å². The molecule has 1 atom stereocenters. The fourth-order valence-corrected chi connectivity index (χ4v) is 1.41. The minimum Gasteiger partial charge on any atom is -0.493 e. The van der Waals surface area contributed by atoms with E-state index < -0.39 is 6.10 Å². The minimum atomic E-state index is -1.09. The Labute approximate surface area is 100 Å². The van der Waals surface area contributed by atoms with Crippen molar-refractivity contribution in [2.45, 2.75) is 13.0 Å². The maximum atomic E-state index is 9.86. The topological polar surface area (TPSA) is 71.8 Å². The van der Waals surface area contributed by atoms with E-state index in [0.717, 1.165) is 0 Å². The van der Waals surface area contributed by atoms with Gasteiger partial charge in [-0.25, -0.2) is 0 Å². The number of aliphatic hydroxyl groups is 1. The number of methoxy groups -OCH3 is 2. The first kappa shape index (κ1) is 13.3. The molecule has 5 nitrogen and oxygen atoms in total. The van der Waals surface area contributed by atoms with Crippen LogP contribution in [0, 0.1) is 5.41 Å². The molecule has 0 saturated carbocycles. The molecule has 1 aromatic carbocycles. The lowest BCUT2D eigenvalue weighted by atomic mass is 10.1. The van der Waals surface area contributed by atoms with Gasteiger partial charge in [0, 0.05) is 0 Å². The van der Waals surface area contributed by atoms with E-state index in [1.807, 2.05) is 0 Å². The average Bonchev–Trinajstić information content (AvgIpc) is 2.37. The smallest absolute Gasteiger partial charge is 0.214 e. The Kier molecular flexibility index (Phi) is 4.78. The van der Waals surface area contributed by atoms with Gasteiger partial charge in [-0.2, -0.15) is 0 Å². The Morgan fingerprint density at radius 3 is 2.47 bits per heavy atom. The summed E-state index contributed by atoms with van der Waals surface area (Å²) in [5.41, 5.74) is 0.529. The van der Waals surface area contributed by atoms with Crippen LogP contribution in [0.3, 0.4) is 0 Å². The van der Waals surface area contributed by atoms with Crippen LogP contribution in [-0.4, -0.2) is 31.8 Å². The zero-order chi connectivity index (χ0) is 12.8. The number of aliphatic hydroxyl groups excluding tert-OH is 1. The Balaban J connectivity index is 2.95. The second-order valence-electron chi connectivity index (χ2n) is 3.31. The molecular weight excluding hydrogens is 222 g/mol. The quantitative estimate of drug-likeness (QED) is 0.606. The highest BCUT2D eigenvalue weighted by atomic mass is 16.5. The third-order valence-electron chi connectivity index (χ3n) is 2.27. The van der Waals surface area contributed by atoms with Crippen LogP contribution in [0.4, 0.5) is 0 Å². The van der Waals surface area contributed by atoms with Crippen LogP contribution in [0.1, 0.15) is 18.6 Å². The molecule has 0 aliphatic rings. The Hall–Kier alpha value is -1.75. The summed E-state index contributed by atoms with van der Waals surface area (Å²) in [7, 11) is 3.05. The monoisotopic (exact) mass is 239 g/mol. The number of nitrogens with one attached hydrogen (secondary N) is 1. The van der Waals surface area contributed by atoms with Crippen LogP contribution in [0.15, 0.2) is 18.2 Å². The third kappa shape index (κ3) is 3.10. The van der Waals surface area contributed by atoms with Crippen molar-refractivity contribution in [3.8, 4) is 11.5 Å². The van der Waals surface area contributed by atoms with Gasteiger partial charge in [-0.15, -0.1) is 0 Å². The van der Waals surface area contributed by atoms with Gasteiger partial charge < -0.3 is 19.3 Å². The summed E-state index contributed by atoms with van der Waals surface area (Å²) in [4.78, 5) is 0. The first-order chi connectivity index (χ1) is 8.13. The van der Waals surface area contributed by atoms with E-state index in [2.05, 4.69) is 0 Å². The van der Waals surface area contributed by atoms with Crippen LogP contribution >= 0.6 is 0 Å². The van der Waals surface area contributed by atoms with Gasteiger partial charge in [-0.3, -0.25) is 5.41 Å². The molecule has 0 amide bonds. The second-order valence-corrected chi connectivity index (χ2v) is 3.31. The first-order valence-electron chi connectivity index (χ1n) is 5.25. The van der Waals surface area contributed by atoms with Gasteiger partial charge in [-0.05, 0) is 24.6 Å². The van der Waals surface area contributed by atoms with Gasteiger partial charge in [0.25, 0.3) is 0 Å². The molecule has 0 heterocycles. The van der Waals surface area contributed by atoms with E-state index in [4.69, 9.17) is 19.6 Å². The molecule has 0 bridgehead atoms. The molecule has 0 aliphatic heterocycles. The fourth-order valence-electron chi connectivity index (χ4n) is 1.41. The molecule has 0 fully saturated rings. The zero-order valence-corrected chi connectivity index (χ0v) is 10.2. The summed E-state index contributed by atoms with van der Waals surface area (Å²) in [6.07, 6.45) is -1.09. The molecule has 5 heteroatoms. The predicted molar refractivity (Wildman–Crippen MR) is 63.9 cm³/mol. The van der Waals surface area contributed by atoms with E-state index in [9.17, 15) is 5.11 Å². The number of hydrogen-bond donors (Lipinski definition) is 2. The van der Waals surface area contributed by atoms with Gasteiger partial charge in [-0.1, -0.05) is 6.07 Å². The van der Waals surface area contributed by atoms with Gasteiger partial charge in [0.2, 0.25) is 5.90 Å². The average molecular weight is 239 g/mol. The highest BCUT2D eigenvalue weighted by molar-refractivity contribution is 5.79. The number of rotatable bonds is 5. The lowest BCUT2D eigenvalue weighted by molar-refractivity contribution is 0.190. The van der Waals surface area contributed by atoms with Gasteiger partial charge in [0.15, 0.2) is 17.6 Å². The molecular formula is C12H17NO4. The molecule has 94 valence electrons. The third-order valence-corrected chi connectivity index (χ3v) is 2.27. The van der Waals surface area contributed by atoms with Crippen molar-refractivity contribution in [2.24, 2.45) is 0 Å². The minimum absolute atomic E-state index is 0.181. The largest absolute Gasteiger partial charge is 0.493 e. The van der Waals surface area contributed by atoms with Gasteiger partial charge in [0.1, 0.15) is 0 Å². The molecule has 1 rings (SSSR count). The zero-order valence-electron chi connectivity index (χ0n) is 10.2. The number of ether oxygens (including phenoxy) is 3. The van der Waals surface area contributed by atoms with E-state index in [-0.39, 0.29) is 5.90 Å². The van der Waals surface area contributed by atoms with E-state index >= 15 is 0 Å². The Bertz CT molecular complexity index is 392. The normalized spacial score (nSPS) is 11.8. The second kappa shape index (κ2) is 6.10. The van der Waals surface area contributed by atoms with Gasteiger partial charge in [0.05, 0.1) is 20.8 Å². The van der Waals surface area contributed by atoms with E-state index in [1.165, 1.54) is 14.2 Å². The summed E-state index contributed by atoms with van der Waals surface area (Å²) >= 11 is 0. The lowest BCUT2D eigenvalue weighted by Gasteiger charge is -2.14. The molecule has 0 aromatic heterocycles. The van der Waals surface area contributed by atoms with Crippen molar-refractivity contribution >= 4 is 5.90 Å². The maximum absolute atomic E-state index is 9.86. The van der Waals surface area contributed by atoms with Crippen LogP contribution in [0.2, 0.25) is 0 Å². The lowest BCUT2D eigenvalue weighted by Crippen LogP contribution is -2.14. The van der Waals surface area contributed by atoms with Crippen LogP contribution in [0.5, 0.6) is 11.5 Å². The van der Waals surface area contributed by atoms with Crippen molar-refractivity contribution in [1.82, 2.24) is 0 Å². The predicted octanol–water partition coefficient (Wildman–Crippen LogP) is 1.75. The van der Waals surface area contributed by atoms with Crippen LogP contribution in [-0.2, 0) is 4.74 Å². The molecule has 17 heavy (non-hydrogen) atoms. The highest BCUT2D eigenvalue weighted by Crippen LogP contribution is 2.30. The molecule has 0 aliphatic carbocycles. The van der Waals surface area contributed by atoms with E-state index in [0.29, 0.717) is 23.7 Å². The standard InChI is InChI=1S/C12H17NO4/c1-4-17-12(13)11(14)8-5-6-9(15-2)10(7-8)16-3/h5-7,11,13-14H,4H2,1-3H3. The van der Waals surface area contributed by atoms with Crippen LogP contribution in [0.25, 0.3) is 0 Å². The Morgan fingerprint density at radius 1 is 1.29 bits per heavy atom. The molecule has 0 spiro atoms. The van der Waals surface area contributed by atoms with Gasteiger partial charge >= 0.3 is 0 Å². The highest BCUT2D eigenvalue weighted by Gasteiger charge is 2.17. The van der Waals surface area contributed by atoms with E-state index in [1.54, 1.807) is 25.1 Å². The van der Waals surface area contributed by atoms with Crippen molar-refractivity contribution in [3.05, 3.63) is 23.8 Å². The number of hydrogen-bond acceptors (Lipinski definition) is 5. The Morgan fingerprint density at radius 2 is 1.94 bits per heavy atom. The summed E-state index contributed by atoms with van der Waals surface area (Å²) in [6.45, 7) is 2.11. The number of benzene rings is 1. The summed E-state index contributed by atoms with van der Waals surface area (Å²) < 4.78 is 15.2. The van der Waals surface area contributed by atoms with Crippen LogP contribution < -0.4 is 9.47 Å². The van der Waals surface area contributed by atoms with Crippen molar-refractivity contribution in [2.75, 3.05) is 20.8 Å². The molecule has 0 saturated heterocycles. The molecule has 0 radical (unpaired) electrons.